The van der Waals surface area contributed by atoms with Crippen molar-refractivity contribution in [1.29, 1.82) is 0 Å². The van der Waals surface area contributed by atoms with Crippen LogP contribution in [0.2, 0.25) is 0 Å². The maximum Gasteiger partial charge on any atom is 0.254 e. The van der Waals surface area contributed by atoms with Gasteiger partial charge in [0.25, 0.3) is 5.91 Å². The summed E-state index contributed by atoms with van der Waals surface area (Å²) in [5.41, 5.74) is 1.72. The van der Waals surface area contributed by atoms with Gasteiger partial charge in [0.15, 0.2) is 5.78 Å². The highest BCUT2D eigenvalue weighted by atomic mass is 19.1. The molecule has 8 heteroatoms. The van der Waals surface area contributed by atoms with Crippen molar-refractivity contribution in [2.75, 3.05) is 26.3 Å². The van der Waals surface area contributed by atoms with Crippen LogP contribution in [0.5, 0.6) is 5.88 Å². The van der Waals surface area contributed by atoms with Crippen LogP contribution in [0.3, 0.4) is 0 Å². The standard InChI is InChI=1S/C27H28FN3O4/c1-17(2)26-29-18(3)14-24(30-26)35-16-21-15-31(12-13-34-21)27(33)23-7-5-4-6-22(23)25(32)19-8-10-20(28)11-9-19/h4-11,14,17,21H,12-13,15-16H2,1-3H3. The lowest BCUT2D eigenvalue weighted by Gasteiger charge is -2.33. The number of nitrogens with zero attached hydrogens (tertiary/aromatic N) is 3. The third kappa shape index (κ3) is 5.89. The number of hydrogen-bond donors (Lipinski definition) is 0. The number of carbonyl (C=O) groups excluding carboxylic acids is 2. The Morgan fingerprint density at radius 3 is 2.54 bits per heavy atom. The molecule has 0 aliphatic carbocycles. The largest absolute Gasteiger partial charge is 0.475 e. The fourth-order valence-electron chi connectivity index (χ4n) is 3.87. The highest BCUT2D eigenvalue weighted by molar-refractivity contribution is 6.15. The van der Waals surface area contributed by atoms with Gasteiger partial charge in [0.1, 0.15) is 24.4 Å². The van der Waals surface area contributed by atoms with E-state index < -0.39 is 5.82 Å². The molecule has 35 heavy (non-hydrogen) atoms. The second-order valence-corrected chi connectivity index (χ2v) is 8.80. The van der Waals surface area contributed by atoms with Crippen molar-refractivity contribution in [3.63, 3.8) is 0 Å². The van der Waals surface area contributed by atoms with Crippen LogP contribution in [-0.2, 0) is 4.74 Å². The fraction of sp³-hybridized carbons (Fsp3) is 0.333. The van der Waals surface area contributed by atoms with E-state index in [1.165, 1.54) is 24.3 Å². The minimum Gasteiger partial charge on any atom is -0.475 e. The molecule has 0 N–H and O–H groups in total. The van der Waals surface area contributed by atoms with Crippen LogP contribution in [0.25, 0.3) is 0 Å². The Labute approximate surface area is 203 Å². The van der Waals surface area contributed by atoms with Gasteiger partial charge in [-0.1, -0.05) is 32.0 Å². The molecule has 0 spiro atoms. The van der Waals surface area contributed by atoms with Crippen molar-refractivity contribution < 1.29 is 23.5 Å². The van der Waals surface area contributed by atoms with Crippen LogP contribution in [-0.4, -0.2) is 59.0 Å². The smallest absolute Gasteiger partial charge is 0.254 e. The predicted octanol–water partition coefficient (Wildman–Crippen LogP) is 4.20. The Kier molecular flexibility index (Phi) is 7.51. The summed E-state index contributed by atoms with van der Waals surface area (Å²) >= 11 is 0. The van der Waals surface area contributed by atoms with E-state index in [4.69, 9.17) is 9.47 Å². The summed E-state index contributed by atoms with van der Waals surface area (Å²) in [7, 11) is 0. The quantitative estimate of drug-likeness (QED) is 0.475. The fourth-order valence-corrected chi connectivity index (χ4v) is 3.87. The monoisotopic (exact) mass is 477 g/mol. The third-order valence-electron chi connectivity index (χ3n) is 5.72. The first-order valence-corrected chi connectivity index (χ1v) is 11.6. The lowest BCUT2D eigenvalue weighted by Crippen LogP contribution is -2.48. The van der Waals surface area contributed by atoms with Gasteiger partial charge >= 0.3 is 0 Å². The third-order valence-corrected chi connectivity index (χ3v) is 5.72. The van der Waals surface area contributed by atoms with Gasteiger partial charge < -0.3 is 14.4 Å². The van der Waals surface area contributed by atoms with Crippen molar-refractivity contribution in [3.8, 4) is 5.88 Å². The number of carbonyl (C=O) groups is 2. The Balaban J connectivity index is 1.45. The molecule has 7 nitrogen and oxygen atoms in total. The van der Waals surface area contributed by atoms with Crippen LogP contribution in [0, 0.1) is 12.7 Å². The minimum atomic E-state index is -0.426. The Hall–Kier alpha value is -3.65. The van der Waals surface area contributed by atoms with Gasteiger partial charge in [-0.2, -0.15) is 4.98 Å². The molecule has 2 aromatic carbocycles. The molecule has 3 aromatic rings. The molecule has 1 atom stereocenters. The molecule has 0 saturated carbocycles. The number of rotatable bonds is 7. The van der Waals surface area contributed by atoms with E-state index in [0.29, 0.717) is 42.5 Å². The zero-order valence-corrected chi connectivity index (χ0v) is 20.0. The van der Waals surface area contributed by atoms with Gasteiger partial charge in [-0.05, 0) is 37.3 Å². The molecule has 182 valence electrons. The average molecular weight is 478 g/mol. The van der Waals surface area contributed by atoms with Crippen LogP contribution < -0.4 is 4.74 Å². The van der Waals surface area contributed by atoms with E-state index in [2.05, 4.69) is 9.97 Å². The number of hydrogen-bond acceptors (Lipinski definition) is 6. The Morgan fingerprint density at radius 1 is 1.11 bits per heavy atom. The first kappa shape index (κ1) is 24.5. The van der Waals surface area contributed by atoms with E-state index in [0.717, 1.165) is 5.69 Å². The van der Waals surface area contributed by atoms with E-state index in [-0.39, 0.29) is 35.9 Å². The summed E-state index contributed by atoms with van der Waals surface area (Å²) < 4.78 is 25.0. The van der Waals surface area contributed by atoms with Crippen molar-refractivity contribution >= 4 is 11.7 Å². The van der Waals surface area contributed by atoms with E-state index in [1.54, 1.807) is 35.2 Å². The number of aromatic nitrogens is 2. The van der Waals surface area contributed by atoms with Crippen LogP contribution in [0.15, 0.2) is 54.6 Å². The van der Waals surface area contributed by atoms with Gasteiger partial charge in [-0.15, -0.1) is 0 Å². The molecule has 1 fully saturated rings. The lowest BCUT2D eigenvalue weighted by molar-refractivity contribution is -0.0407. The predicted molar refractivity (Wildman–Crippen MR) is 128 cm³/mol. The van der Waals surface area contributed by atoms with Crippen LogP contribution in [0.4, 0.5) is 4.39 Å². The lowest BCUT2D eigenvalue weighted by atomic mass is 9.97. The number of ketones is 1. The maximum atomic E-state index is 13.4. The van der Waals surface area contributed by atoms with Gasteiger partial charge in [0.2, 0.25) is 5.88 Å². The van der Waals surface area contributed by atoms with Gasteiger partial charge in [0, 0.05) is 35.3 Å². The van der Waals surface area contributed by atoms with E-state index in [1.807, 2.05) is 20.8 Å². The molecule has 1 aliphatic rings. The molecule has 0 radical (unpaired) electrons. The van der Waals surface area contributed by atoms with Crippen LogP contribution >= 0.6 is 0 Å². The molecule has 4 rings (SSSR count). The second-order valence-electron chi connectivity index (χ2n) is 8.80. The highest BCUT2D eigenvalue weighted by Crippen LogP contribution is 2.20. The molecule has 1 amide bonds. The van der Waals surface area contributed by atoms with Gasteiger partial charge in [-0.25, -0.2) is 9.37 Å². The summed E-state index contributed by atoms with van der Waals surface area (Å²) in [5, 5.41) is 0. The average Bonchev–Trinajstić information content (AvgIpc) is 2.87. The van der Waals surface area contributed by atoms with E-state index >= 15 is 0 Å². The highest BCUT2D eigenvalue weighted by Gasteiger charge is 2.28. The van der Waals surface area contributed by atoms with Gasteiger partial charge in [-0.3, -0.25) is 9.59 Å². The number of benzene rings is 2. The number of aryl methyl sites for hydroxylation is 1. The molecule has 1 aromatic heterocycles. The van der Waals surface area contributed by atoms with Crippen molar-refractivity contribution in [2.24, 2.45) is 0 Å². The summed E-state index contributed by atoms with van der Waals surface area (Å²) in [5.74, 6) is 0.345. The normalized spacial score (nSPS) is 15.8. The Morgan fingerprint density at radius 2 is 1.83 bits per heavy atom. The number of amides is 1. The number of halogens is 1. The van der Waals surface area contributed by atoms with E-state index in [9.17, 15) is 14.0 Å². The molecular weight excluding hydrogens is 449 g/mol. The van der Waals surface area contributed by atoms with Gasteiger partial charge in [0.05, 0.1) is 18.7 Å². The zero-order valence-electron chi connectivity index (χ0n) is 20.0. The maximum absolute atomic E-state index is 13.4. The molecule has 0 bridgehead atoms. The zero-order chi connectivity index (χ0) is 24.9. The van der Waals surface area contributed by atoms with Crippen molar-refractivity contribution in [1.82, 2.24) is 14.9 Å². The molecule has 1 unspecified atom stereocenters. The molecule has 2 heterocycles. The topological polar surface area (TPSA) is 81.6 Å². The minimum absolute atomic E-state index is 0.175. The van der Waals surface area contributed by atoms with Crippen molar-refractivity contribution in [2.45, 2.75) is 32.8 Å². The Bertz CT molecular complexity index is 1210. The molecular formula is C27H28FN3O4. The summed E-state index contributed by atoms with van der Waals surface area (Å²) in [6.07, 6.45) is -0.342. The molecule has 1 aliphatic heterocycles. The first-order chi connectivity index (χ1) is 16.8. The summed E-state index contributed by atoms with van der Waals surface area (Å²) in [6.45, 7) is 7.23. The van der Waals surface area contributed by atoms with Crippen LogP contribution in [0.1, 0.15) is 57.6 Å². The second kappa shape index (κ2) is 10.7. The summed E-state index contributed by atoms with van der Waals surface area (Å²) in [6, 6.07) is 13.7. The first-order valence-electron chi connectivity index (χ1n) is 11.6. The number of morpholine rings is 1. The summed E-state index contributed by atoms with van der Waals surface area (Å²) in [4.78, 5) is 37.0. The SMILES string of the molecule is Cc1cc(OCC2CN(C(=O)c3ccccc3C(=O)c3ccc(F)cc3)CCO2)nc(C(C)C)n1. The molecule has 1 saturated heterocycles. The van der Waals surface area contributed by atoms with Crippen molar-refractivity contribution in [3.05, 3.63) is 88.6 Å². The number of ether oxygens (including phenoxy) is 2.